The number of aryl methyl sites for hydroxylation is 2. The second kappa shape index (κ2) is 4.47. The Morgan fingerprint density at radius 3 is 2.65 bits per heavy atom. The summed E-state index contributed by atoms with van der Waals surface area (Å²) in [6.07, 6.45) is 0. The molecule has 0 aliphatic rings. The van der Waals surface area contributed by atoms with Crippen molar-refractivity contribution in [3.8, 4) is 10.6 Å². The van der Waals surface area contributed by atoms with Crippen molar-refractivity contribution in [2.24, 2.45) is 0 Å². The first-order valence-corrected chi connectivity index (χ1v) is 6.15. The topological polar surface area (TPSA) is 50.2 Å². The molecule has 3 nitrogen and oxygen atoms in total. The van der Waals surface area contributed by atoms with Crippen LogP contribution in [-0.4, -0.2) is 16.1 Å². The van der Waals surface area contributed by atoms with Gasteiger partial charge in [0.2, 0.25) is 0 Å². The van der Waals surface area contributed by atoms with Gasteiger partial charge in [0.25, 0.3) is 0 Å². The zero-order chi connectivity index (χ0) is 12.6. The molecule has 0 bridgehead atoms. The maximum absolute atomic E-state index is 10.9. The van der Waals surface area contributed by atoms with Gasteiger partial charge in [-0.05, 0) is 31.5 Å². The molecule has 1 aromatic heterocycles. The van der Waals surface area contributed by atoms with E-state index in [0.29, 0.717) is 14.9 Å². The number of nitrogens with zero attached hydrogens (tertiary/aromatic N) is 1. The summed E-state index contributed by atoms with van der Waals surface area (Å²) < 4.78 is 0. The molecule has 0 aliphatic heterocycles. The third-order valence-corrected chi connectivity index (χ3v) is 3.66. The van der Waals surface area contributed by atoms with Gasteiger partial charge in [-0.2, -0.15) is 0 Å². The minimum atomic E-state index is -0.989. The van der Waals surface area contributed by atoms with E-state index >= 15 is 0 Å². The molecule has 2 aromatic rings. The Bertz CT molecular complexity index is 592. The maximum atomic E-state index is 10.9. The number of thiazole rings is 1. The van der Waals surface area contributed by atoms with Gasteiger partial charge in [0.05, 0.1) is 0 Å². The van der Waals surface area contributed by atoms with E-state index in [-0.39, 0.29) is 5.69 Å². The minimum absolute atomic E-state index is 0.124. The Balaban J connectivity index is 2.53. The Labute approximate surface area is 108 Å². The van der Waals surface area contributed by atoms with Gasteiger partial charge in [0.1, 0.15) is 5.01 Å². The van der Waals surface area contributed by atoms with Gasteiger partial charge in [0.15, 0.2) is 5.69 Å². The molecule has 0 saturated heterocycles. The van der Waals surface area contributed by atoms with Crippen LogP contribution >= 0.6 is 22.9 Å². The van der Waals surface area contributed by atoms with Gasteiger partial charge in [-0.3, -0.25) is 0 Å². The lowest BCUT2D eigenvalue weighted by Crippen LogP contribution is -1.98. The first-order chi connectivity index (χ1) is 7.99. The van der Waals surface area contributed by atoms with Gasteiger partial charge in [-0.15, -0.1) is 11.3 Å². The zero-order valence-electron chi connectivity index (χ0n) is 9.32. The van der Waals surface area contributed by atoms with Gasteiger partial charge < -0.3 is 5.11 Å². The maximum Gasteiger partial charge on any atom is 0.355 e. The Kier molecular flexibility index (Phi) is 3.17. The first kappa shape index (κ1) is 12.1. The van der Waals surface area contributed by atoms with Gasteiger partial charge >= 0.3 is 5.97 Å². The average Bonchev–Trinajstić information content (AvgIpc) is 2.60. The lowest BCUT2D eigenvalue weighted by Gasteiger charge is -2.01. The molecule has 1 N–H and O–H groups in total. The zero-order valence-corrected chi connectivity index (χ0v) is 10.9. The van der Waals surface area contributed by atoms with Crippen molar-refractivity contribution < 1.29 is 9.90 Å². The first-order valence-electron chi connectivity index (χ1n) is 4.96. The summed E-state index contributed by atoms with van der Waals surface area (Å²) in [6.45, 7) is 3.69. The van der Waals surface area contributed by atoms with E-state index in [1.54, 1.807) is 13.0 Å². The van der Waals surface area contributed by atoms with Crippen molar-refractivity contribution in [2.75, 3.05) is 0 Å². The van der Waals surface area contributed by atoms with Gasteiger partial charge in [0, 0.05) is 15.5 Å². The number of carbonyl (C=O) groups is 1. The highest BCUT2D eigenvalue weighted by Gasteiger charge is 2.16. The molecule has 0 saturated carbocycles. The number of carboxylic acid groups (broad SMARTS) is 1. The van der Waals surface area contributed by atoms with Gasteiger partial charge in [-0.1, -0.05) is 17.7 Å². The van der Waals surface area contributed by atoms with Crippen molar-refractivity contribution in [1.82, 2.24) is 4.98 Å². The number of aromatic nitrogens is 1. The van der Waals surface area contributed by atoms with Crippen LogP contribution in [0.15, 0.2) is 18.2 Å². The number of halogens is 1. The van der Waals surface area contributed by atoms with Crippen LogP contribution in [0.5, 0.6) is 0 Å². The lowest BCUT2D eigenvalue weighted by molar-refractivity contribution is 0.0690. The fourth-order valence-electron chi connectivity index (χ4n) is 1.58. The van der Waals surface area contributed by atoms with Crippen molar-refractivity contribution in [3.05, 3.63) is 39.4 Å². The van der Waals surface area contributed by atoms with Crippen LogP contribution < -0.4 is 0 Å². The fraction of sp³-hybridized carbons (Fsp3) is 0.167. The summed E-state index contributed by atoms with van der Waals surface area (Å²) in [7, 11) is 0. The van der Waals surface area contributed by atoms with Gasteiger partial charge in [-0.25, -0.2) is 9.78 Å². The Morgan fingerprint density at radius 2 is 2.12 bits per heavy atom. The lowest BCUT2D eigenvalue weighted by atomic mass is 10.1. The second-order valence-corrected chi connectivity index (χ2v) is 5.33. The summed E-state index contributed by atoms with van der Waals surface area (Å²) in [6, 6.07) is 5.48. The predicted molar refractivity (Wildman–Crippen MR) is 69.0 cm³/mol. The number of hydrogen-bond donors (Lipinski definition) is 1. The molecule has 0 spiro atoms. The van der Waals surface area contributed by atoms with Crippen LogP contribution in [0.2, 0.25) is 5.02 Å². The van der Waals surface area contributed by atoms with E-state index in [9.17, 15) is 4.79 Å². The molecule has 1 heterocycles. The van der Waals surface area contributed by atoms with E-state index in [2.05, 4.69) is 4.98 Å². The number of benzene rings is 1. The Hall–Kier alpha value is -1.39. The monoisotopic (exact) mass is 267 g/mol. The number of hydrogen-bond acceptors (Lipinski definition) is 3. The van der Waals surface area contributed by atoms with Crippen molar-refractivity contribution in [1.29, 1.82) is 0 Å². The molecule has 17 heavy (non-hydrogen) atoms. The number of rotatable bonds is 2. The van der Waals surface area contributed by atoms with Crippen molar-refractivity contribution in [3.63, 3.8) is 0 Å². The highest BCUT2D eigenvalue weighted by atomic mass is 35.5. The quantitative estimate of drug-likeness (QED) is 0.901. The summed E-state index contributed by atoms with van der Waals surface area (Å²) in [5, 5.41) is 10.3. The minimum Gasteiger partial charge on any atom is -0.476 e. The van der Waals surface area contributed by atoms with Crippen LogP contribution in [-0.2, 0) is 0 Å². The van der Waals surface area contributed by atoms with Crippen LogP contribution in [0, 0.1) is 13.8 Å². The summed E-state index contributed by atoms with van der Waals surface area (Å²) in [5.41, 5.74) is 2.04. The van der Waals surface area contributed by atoms with E-state index in [0.717, 1.165) is 11.1 Å². The van der Waals surface area contributed by atoms with Crippen LogP contribution in [0.3, 0.4) is 0 Å². The molecule has 88 valence electrons. The van der Waals surface area contributed by atoms with E-state index in [1.807, 2.05) is 19.1 Å². The van der Waals surface area contributed by atoms with E-state index < -0.39 is 5.97 Å². The van der Waals surface area contributed by atoms with Crippen LogP contribution in [0.25, 0.3) is 10.6 Å². The third-order valence-electron chi connectivity index (χ3n) is 2.42. The molecule has 5 heteroatoms. The summed E-state index contributed by atoms with van der Waals surface area (Å²) in [4.78, 5) is 15.8. The summed E-state index contributed by atoms with van der Waals surface area (Å²) in [5.74, 6) is -0.989. The fourth-order valence-corrected chi connectivity index (χ4v) is 2.80. The smallest absolute Gasteiger partial charge is 0.355 e. The van der Waals surface area contributed by atoms with E-state index in [1.165, 1.54) is 11.3 Å². The molecule has 0 fully saturated rings. The summed E-state index contributed by atoms with van der Waals surface area (Å²) >= 11 is 7.26. The predicted octanol–water partition coefficient (Wildman–Crippen LogP) is 3.78. The molecular formula is C12H10ClNO2S. The molecule has 1 aromatic carbocycles. The largest absolute Gasteiger partial charge is 0.476 e. The number of aromatic carboxylic acids is 1. The van der Waals surface area contributed by atoms with Crippen LogP contribution in [0.4, 0.5) is 0 Å². The highest BCUT2D eigenvalue weighted by molar-refractivity contribution is 7.15. The van der Waals surface area contributed by atoms with Crippen molar-refractivity contribution >= 4 is 28.9 Å². The number of carboxylic acids is 1. The molecule has 0 aliphatic carbocycles. The highest BCUT2D eigenvalue weighted by Crippen LogP contribution is 2.31. The standard InChI is InChI=1S/C12H10ClNO2S/c1-6-5-8(13)3-4-9(6)11-14-10(12(15)16)7(2)17-11/h3-5H,1-2H3,(H,15,16). The molecule has 0 radical (unpaired) electrons. The molecular weight excluding hydrogens is 258 g/mol. The second-order valence-electron chi connectivity index (χ2n) is 3.69. The third kappa shape index (κ3) is 2.33. The normalized spacial score (nSPS) is 10.5. The molecule has 0 atom stereocenters. The molecule has 2 rings (SSSR count). The van der Waals surface area contributed by atoms with E-state index in [4.69, 9.17) is 16.7 Å². The average molecular weight is 268 g/mol. The van der Waals surface area contributed by atoms with Crippen molar-refractivity contribution in [2.45, 2.75) is 13.8 Å². The Morgan fingerprint density at radius 1 is 1.41 bits per heavy atom. The molecule has 0 unspecified atom stereocenters. The molecule has 0 amide bonds. The van der Waals surface area contributed by atoms with Crippen LogP contribution in [0.1, 0.15) is 20.9 Å². The SMILES string of the molecule is Cc1cc(Cl)ccc1-c1nc(C(=O)O)c(C)s1.